The second-order valence-electron chi connectivity index (χ2n) is 5.41. The average Bonchev–Trinajstić information content (AvgIpc) is 2.19. The minimum atomic E-state index is 0.431. The summed E-state index contributed by atoms with van der Waals surface area (Å²) in [6.07, 6.45) is 1.27. The topological polar surface area (TPSA) is 12.0 Å². The monoisotopic (exact) mass is 203 g/mol. The number of aryl methyl sites for hydroxylation is 1. The third-order valence-corrected chi connectivity index (χ3v) is 3.72. The molecule has 0 bridgehead atoms. The van der Waals surface area contributed by atoms with E-state index < -0.39 is 0 Å². The summed E-state index contributed by atoms with van der Waals surface area (Å²) in [6, 6.07) is 9.02. The maximum Gasteiger partial charge on any atom is 0.00253 e. The fraction of sp³-hybridized carbons (Fsp3) is 0.571. The van der Waals surface area contributed by atoms with Crippen molar-refractivity contribution in [1.82, 2.24) is 5.32 Å². The molecule has 1 unspecified atom stereocenters. The summed E-state index contributed by atoms with van der Waals surface area (Å²) in [4.78, 5) is 0. The third-order valence-electron chi connectivity index (χ3n) is 3.72. The molecule has 1 heterocycles. The summed E-state index contributed by atoms with van der Waals surface area (Å²) in [5, 5.41) is 3.50. The average molecular weight is 203 g/mol. The highest BCUT2D eigenvalue weighted by atomic mass is 14.9. The van der Waals surface area contributed by atoms with Gasteiger partial charge in [-0.15, -0.1) is 0 Å². The first-order valence-electron chi connectivity index (χ1n) is 5.87. The van der Waals surface area contributed by atoms with Crippen molar-refractivity contribution < 1.29 is 0 Å². The molecule has 1 nitrogen and oxygen atoms in total. The van der Waals surface area contributed by atoms with Crippen LogP contribution >= 0.6 is 0 Å². The van der Waals surface area contributed by atoms with Crippen LogP contribution in [-0.2, 0) is 0 Å². The van der Waals surface area contributed by atoms with Crippen molar-refractivity contribution in [3.63, 3.8) is 0 Å². The van der Waals surface area contributed by atoms with E-state index in [2.05, 4.69) is 50.4 Å². The van der Waals surface area contributed by atoms with Gasteiger partial charge in [0.05, 0.1) is 0 Å². The van der Waals surface area contributed by atoms with Gasteiger partial charge in [0.15, 0.2) is 0 Å². The van der Waals surface area contributed by atoms with Crippen LogP contribution in [0.2, 0.25) is 0 Å². The van der Waals surface area contributed by atoms with Crippen molar-refractivity contribution in [3.8, 4) is 0 Å². The Labute approximate surface area is 92.9 Å². The molecule has 0 aromatic heterocycles. The van der Waals surface area contributed by atoms with Crippen LogP contribution in [0, 0.1) is 12.3 Å². The smallest absolute Gasteiger partial charge is 0.00253 e. The molecule has 1 atom stereocenters. The minimum absolute atomic E-state index is 0.431. The number of piperidine rings is 1. The van der Waals surface area contributed by atoms with Gasteiger partial charge in [0.1, 0.15) is 0 Å². The maximum absolute atomic E-state index is 3.50. The molecule has 82 valence electrons. The summed E-state index contributed by atoms with van der Waals surface area (Å²) >= 11 is 0. The minimum Gasteiger partial charge on any atom is -0.316 e. The van der Waals surface area contributed by atoms with E-state index in [4.69, 9.17) is 0 Å². The van der Waals surface area contributed by atoms with Crippen LogP contribution in [0.5, 0.6) is 0 Å². The van der Waals surface area contributed by atoms with Crippen LogP contribution in [0.4, 0.5) is 0 Å². The Kier molecular flexibility index (Phi) is 2.83. The van der Waals surface area contributed by atoms with Crippen LogP contribution in [0.25, 0.3) is 0 Å². The van der Waals surface area contributed by atoms with Gasteiger partial charge in [-0.05, 0) is 30.9 Å². The number of hydrogen-bond donors (Lipinski definition) is 1. The highest BCUT2D eigenvalue weighted by molar-refractivity contribution is 5.26. The zero-order chi connectivity index (χ0) is 10.9. The van der Waals surface area contributed by atoms with Crippen molar-refractivity contribution >= 4 is 0 Å². The predicted molar refractivity (Wildman–Crippen MR) is 65.2 cm³/mol. The van der Waals surface area contributed by atoms with Gasteiger partial charge >= 0.3 is 0 Å². The van der Waals surface area contributed by atoms with Gasteiger partial charge < -0.3 is 5.32 Å². The third kappa shape index (κ3) is 2.23. The largest absolute Gasteiger partial charge is 0.316 e. The lowest BCUT2D eigenvalue weighted by atomic mass is 9.71. The van der Waals surface area contributed by atoms with Crippen molar-refractivity contribution in [2.75, 3.05) is 13.1 Å². The molecule has 1 N–H and O–H groups in total. The standard InChI is InChI=1S/C14H21N/c1-11-4-6-12(7-5-11)13-10-15-9-8-14(13,2)3/h4-7,13,15H,8-10H2,1-3H3. The van der Waals surface area contributed by atoms with Gasteiger partial charge in [-0.25, -0.2) is 0 Å². The van der Waals surface area contributed by atoms with Crippen molar-refractivity contribution in [2.24, 2.45) is 5.41 Å². The van der Waals surface area contributed by atoms with E-state index in [0.29, 0.717) is 11.3 Å². The first-order chi connectivity index (χ1) is 7.09. The first-order valence-corrected chi connectivity index (χ1v) is 5.87. The molecule has 0 radical (unpaired) electrons. The lowest BCUT2D eigenvalue weighted by Gasteiger charge is -2.39. The molecule has 0 spiro atoms. The Hall–Kier alpha value is -0.820. The number of rotatable bonds is 1. The SMILES string of the molecule is Cc1ccc(C2CNCCC2(C)C)cc1. The highest BCUT2D eigenvalue weighted by Gasteiger charge is 2.32. The van der Waals surface area contributed by atoms with E-state index in [9.17, 15) is 0 Å². The quantitative estimate of drug-likeness (QED) is 0.739. The zero-order valence-corrected chi connectivity index (χ0v) is 10.0. The van der Waals surface area contributed by atoms with Gasteiger partial charge in [0.25, 0.3) is 0 Å². The second-order valence-corrected chi connectivity index (χ2v) is 5.41. The molecule has 0 aliphatic carbocycles. The lowest BCUT2D eigenvalue weighted by Crippen LogP contribution is -2.40. The van der Waals surface area contributed by atoms with E-state index in [0.717, 1.165) is 13.1 Å². The van der Waals surface area contributed by atoms with Crippen LogP contribution in [0.1, 0.15) is 37.3 Å². The van der Waals surface area contributed by atoms with Gasteiger partial charge in [-0.1, -0.05) is 43.7 Å². The summed E-state index contributed by atoms with van der Waals surface area (Å²) in [6.45, 7) is 9.20. The molecule has 2 rings (SSSR count). The molecule has 1 saturated heterocycles. The molecule has 1 heteroatoms. The molecule has 1 fully saturated rings. The van der Waals surface area contributed by atoms with Crippen molar-refractivity contribution in [1.29, 1.82) is 0 Å². The Bertz CT molecular complexity index is 324. The van der Waals surface area contributed by atoms with Gasteiger partial charge in [-0.2, -0.15) is 0 Å². The van der Waals surface area contributed by atoms with Crippen molar-refractivity contribution in [3.05, 3.63) is 35.4 Å². The maximum atomic E-state index is 3.50. The lowest BCUT2D eigenvalue weighted by molar-refractivity contribution is 0.214. The predicted octanol–water partition coefficient (Wildman–Crippen LogP) is 3.10. The van der Waals surface area contributed by atoms with Gasteiger partial charge in [0, 0.05) is 12.5 Å². The number of hydrogen-bond acceptors (Lipinski definition) is 1. The zero-order valence-electron chi connectivity index (χ0n) is 10.0. The molecule has 15 heavy (non-hydrogen) atoms. The summed E-state index contributed by atoms with van der Waals surface area (Å²) < 4.78 is 0. The molecule has 0 saturated carbocycles. The Morgan fingerprint density at radius 3 is 2.47 bits per heavy atom. The van der Waals surface area contributed by atoms with Crippen LogP contribution in [0.3, 0.4) is 0 Å². The second kappa shape index (κ2) is 3.97. The van der Waals surface area contributed by atoms with Crippen LogP contribution in [0.15, 0.2) is 24.3 Å². The molecule has 0 amide bonds. The van der Waals surface area contributed by atoms with E-state index in [1.165, 1.54) is 17.5 Å². The number of benzene rings is 1. The van der Waals surface area contributed by atoms with E-state index in [1.54, 1.807) is 0 Å². The van der Waals surface area contributed by atoms with E-state index >= 15 is 0 Å². The molecular weight excluding hydrogens is 182 g/mol. The Balaban J connectivity index is 2.25. The highest BCUT2D eigenvalue weighted by Crippen LogP contribution is 2.39. The fourth-order valence-corrected chi connectivity index (χ4v) is 2.48. The van der Waals surface area contributed by atoms with Gasteiger partial charge in [-0.3, -0.25) is 0 Å². The Morgan fingerprint density at radius 2 is 1.87 bits per heavy atom. The Morgan fingerprint density at radius 1 is 1.20 bits per heavy atom. The van der Waals surface area contributed by atoms with E-state index in [1.807, 2.05) is 0 Å². The summed E-state index contributed by atoms with van der Waals surface area (Å²) in [7, 11) is 0. The summed E-state index contributed by atoms with van der Waals surface area (Å²) in [5.41, 5.74) is 3.26. The van der Waals surface area contributed by atoms with Crippen molar-refractivity contribution in [2.45, 2.75) is 33.1 Å². The number of nitrogens with one attached hydrogen (secondary N) is 1. The normalized spacial score (nSPS) is 25.1. The van der Waals surface area contributed by atoms with Crippen LogP contribution < -0.4 is 5.32 Å². The van der Waals surface area contributed by atoms with E-state index in [-0.39, 0.29) is 0 Å². The molecular formula is C14H21N. The first kappa shape index (κ1) is 10.7. The molecule has 1 aliphatic heterocycles. The molecule has 1 aliphatic rings. The summed E-state index contributed by atoms with van der Waals surface area (Å²) in [5.74, 6) is 0.659. The fourth-order valence-electron chi connectivity index (χ4n) is 2.48. The molecule has 1 aromatic rings. The van der Waals surface area contributed by atoms with Crippen LogP contribution in [-0.4, -0.2) is 13.1 Å². The molecule has 1 aromatic carbocycles. The van der Waals surface area contributed by atoms with Gasteiger partial charge in [0.2, 0.25) is 0 Å².